The van der Waals surface area contributed by atoms with Crippen LogP contribution in [0.1, 0.15) is 15.9 Å². The molecule has 0 unspecified atom stereocenters. The molecule has 2 aromatic rings. The van der Waals surface area contributed by atoms with Gasteiger partial charge in [-0.2, -0.15) is 0 Å². The highest BCUT2D eigenvalue weighted by Gasteiger charge is 2.10. The summed E-state index contributed by atoms with van der Waals surface area (Å²) in [5.41, 5.74) is 1.49. The number of methoxy groups -OCH3 is 4. The number of carbonyl (C=O) groups excluding carboxylic acids is 1. The Hall–Kier alpha value is -3.22. The lowest BCUT2D eigenvalue weighted by atomic mass is 10.1. The minimum Gasteiger partial charge on any atom is -0.497 e. The van der Waals surface area contributed by atoms with Crippen molar-refractivity contribution >= 4 is 11.9 Å². The van der Waals surface area contributed by atoms with Gasteiger partial charge < -0.3 is 18.9 Å². The fraction of sp³-hybridized carbons (Fsp3) is 0.300. The molecule has 0 bridgehead atoms. The number of carbonyl (C=O) groups is 1. The van der Waals surface area contributed by atoms with E-state index in [1.54, 1.807) is 45.6 Å². The number of hydrogen-bond acceptors (Lipinski definition) is 6. The summed E-state index contributed by atoms with van der Waals surface area (Å²) in [6.45, 7) is 0.442. The third kappa shape index (κ3) is 5.64. The standard InChI is InChI=1S/C20H24N2O5/c1-24-16-7-5-6-15(13-16)19(23)22-20(27-4)21-11-10-14-8-9-17(25-2)18(12-14)26-3/h5-9,12-13H,10-11H2,1-4H3,(H,21,22,23). The average molecular weight is 372 g/mol. The Morgan fingerprint density at radius 1 is 0.963 bits per heavy atom. The summed E-state index contributed by atoms with van der Waals surface area (Å²) in [6.07, 6.45) is 0.655. The fourth-order valence-electron chi connectivity index (χ4n) is 2.41. The monoisotopic (exact) mass is 372 g/mol. The van der Waals surface area contributed by atoms with Crippen LogP contribution in [-0.4, -0.2) is 46.9 Å². The van der Waals surface area contributed by atoms with E-state index in [9.17, 15) is 4.79 Å². The summed E-state index contributed by atoms with van der Waals surface area (Å²) in [4.78, 5) is 16.6. The number of nitrogens with one attached hydrogen (secondary N) is 1. The first kappa shape index (κ1) is 20.1. The van der Waals surface area contributed by atoms with Crippen molar-refractivity contribution in [2.24, 2.45) is 4.99 Å². The summed E-state index contributed by atoms with van der Waals surface area (Å²) in [7, 11) is 6.20. The molecule has 0 aromatic heterocycles. The normalized spacial score (nSPS) is 10.9. The van der Waals surface area contributed by atoms with Crippen LogP contribution >= 0.6 is 0 Å². The van der Waals surface area contributed by atoms with Crippen molar-refractivity contribution < 1.29 is 23.7 Å². The second-order valence-corrected chi connectivity index (χ2v) is 5.52. The van der Waals surface area contributed by atoms with Gasteiger partial charge in [0.25, 0.3) is 11.9 Å². The van der Waals surface area contributed by atoms with Gasteiger partial charge in [0.2, 0.25) is 0 Å². The molecule has 7 heteroatoms. The average Bonchev–Trinajstić information content (AvgIpc) is 2.72. The molecule has 0 aliphatic heterocycles. The molecule has 0 aliphatic carbocycles. The van der Waals surface area contributed by atoms with Gasteiger partial charge >= 0.3 is 0 Å². The summed E-state index contributed by atoms with van der Waals surface area (Å²) in [6, 6.07) is 12.7. The zero-order valence-corrected chi connectivity index (χ0v) is 15.9. The van der Waals surface area contributed by atoms with Crippen LogP contribution in [0.15, 0.2) is 47.5 Å². The molecule has 1 N–H and O–H groups in total. The summed E-state index contributed by atoms with van der Waals surface area (Å²) in [5.74, 6) is 1.62. The van der Waals surface area contributed by atoms with Crippen LogP contribution in [-0.2, 0) is 11.2 Å². The van der Waals surface area contributed by atoms with Crippen LogP contribution in [0.25, 0.3) is 0 Å². The van der Waals surface area contributed by atoms with Gasteiger partial charge in [-0.25, -0.2) is 4.99 Å². The number of aliphatic imine (C=N–C) groups is 1. The summed E-state index contributed by atoms with van der Waals surface area (Å²) < 4.78 is 20.8. The van der Waals surface area contributed by atoms with E-state index in [0.717, 1.165) is 5.56 Å². The molecule has 1 amide bonds. The predicted octanol–water partition coefficient (Wildman–Crippen LogP) is 2.69. The lowest BCUT2D eigenvalue weighted by Gasteiger charge is -2.10. The Balaban J connectivity index is 1.98. The molecule has 27 heavy (non-hydrogen) atoms. The Morgan fingerprint density at radius 3 is 2.41 bits per heavy atom. The highest BCUT2D eigenvalue weighted by molar-refractivity contribution is 6.04. The van der Waals surface area contributed by atoms with Crippen LogP contribution < -0.4 is 19.5 Å². The molecule has 0 heterocycles. The molecule has 0 saturated carbocycles. The Morgan fingerprint density at radius 2 is 1.74 bits per heavy atom. The van der Waals surface area contributed by atoms with E-state index in [4.69, 9.17) is 18.9 Å². The summed E-state index contributed by atoms with van der Waals surface area (Å²) >= 11 is 0. The lowest BCUT2D eigenvalue weighted by molar-refractivity contribution is 0.0968. The molecule has 2 aromatic carbocycles. The van der Waals surface area contributed by atoms with Gasteiger partial charge in [0.1, 0.15) is 5.75 Å². The first-order valence-corrected chi connectivity index (χ1v) is 8.36. The van der Waals surface area contributed by atoms with E-state index >= 15 is 0 Å². The summed E-state index contributed by atoms with van der Waals surface area (Å²) in [5, 5.41) is 2.65. The van der Waals surface area contributed by atoms with Crippen LogP contribution in [0, 0.1) is 0 Å². The minimum atomic E-state index is -0.319. The van der Waals surface area contributed by atoms with Gasteiger partial charge in [-0.3, -0.25) is 10.1 Å². The Labute approximate surface area is 158 Å². The molecular formula is C20H24N2O5. The van der Waals surface area contributed by atoms with Crippen molar-refractivity contribution in [2.75, 3.05) is 35.0 Å². The molecule has 0 fully saturated rings. The third-order valence-electron chi connectivity index (χ3n) is 3.85. The second kappa shape index (κ2) is 10.1. The smallest absolute Gasteiger partial charge is 0.291 e. The maximum Gasteiger partial charge on any atom is 0.291 e. The van der Waals surface area contributed by atoms with Crippen molar-refractivity contribution in [3.63, 3.8) is 0 Å². The van der Waals surface area contributed by atoms with Gasteiger partial charge in [0.15, 0.2) is 11.5 Å². The van der Waals surface area contributed by atoms with E-state index in [0.29, 0.717) is 35.8 Å². The van der Waals surface area contributed by atoms with Crippen LogP contribution in [0.4, 0.5) is 0 Å². The molecular weight excluding hydrogens is 348 g/mol. The first-order valence-electron chi connectivity index (χ1n) is 8.36. The SMILES string of the molecule is COC(=NCCc1ccc(OC)c(OC)c1)NC(=O)c1cccc(OC)c1. The highest BCUT2D eigenvalue weighted by Crippen LogP contribution is 2.27. The van der Waals surface area contributed by atoms with E-state index in [1.165, 1.54) is 7.11 Å². The van der Waals surface area contributed by atoms with Crippen molar-refractivity contribution in [3.8, 4) is 17.2 Å². The van der Waals surface area contributed by atoms with Gasteiger partial charge in [-0.05, 0) is 42.3 Å². The molecule has 0 aliphatic rings. The van der Waals surface area contributed by atoms with Gasteiger partial charge in [0.05, 0.1) is 28.4 Å². The van der Waals surface area contributed by atoms with Crippen molar-refractivity contribution in [3.05, 3.63) is 53.6 Å². The van der Waals surface area contributed by atoms with Gasteiger partial charge in [0, 0.05) is 12.1 Å². The molecule has 0 spiro atoms. The van der Waals surface area contributed by atoms with Gasteiger partial charge in [-0.15, -0.1) is 0 Å². The van der Waals surface area contributed by atoms with E-state index in [1.807, 2.05) is 18.2 Å². The van der Waals surface area contributed by atoms with Crippen molar-refractivity contribution in [2.45, 2.75) is 6.42 Å². The number of amides is 1. The van der Waals surface area contributed by atoms with Crippen molar-refractivity contribution in [1.29, 1.82) is 0 Å². The Bertz CT molecular complexity index is 805. The van der Waals surface area contributed by atoms with Gasteiger partial charge in [-0.1, -0.05) is 12.1 Å². The third-order valence-corrected chi connectivity index (χ3v) is 3.85. The molecule has 0 atom stereocenters. The first-order chi connectivity index (χ1) is 13.1. The van der Waals surface area contributed by atoms with E-state index in [-0.39, 0.29) is 11.9 Å². The molecule has 0 radical (unpaired) electrons. The molecule has 144 valence electrons. The zero-order chi connectivity index (χ0) is 19.6. The molecule has 7 nitrogen and oxygen atoms in total. The number of ether oxygens (including phenoxy) is 4. The minimum absolute atomic E-state index is 0.156. The fourth-order valence-corrected chi connectivity index (χ4v) is 2.41. The predicted molar refractivity (Wildman–Crippen MR) is 103 cm³/mol. The van der Waals surface area contributed by atoms with E-state index in [2.05, 4.69) is 10.3 Å². The maximum atomic E-state index is 12.3. The quantitative estimate of drug-likeness (QED) is 0.597. The topological polar surface area (TPSA) is 78.4 Å². The van der Waals surface area contributed by atoms with Crippen molar-refractivity contribution in [1.82, 2.24) is 5.32 Å². The number of hydrogen-bond donors (Lipinski definition) is 1. The molecule has 0 saturated heterocycles. The maximum absolute atomic E-state index is 12.3. The van der Waals surface area contributed by atoms with Crippen LogP contribution in [0.2, 0.25) is 0 Å². The zero-order valence-electron chi connectivity index (χ0n) is 15.9. The molecule has 2 rings (SSSR count). The largest absolute Gasteiger partial charge is 0.497 e. The number of amidine groups is 1. The van der Waals surface area contributed by atoms with E-state index < -0.39 is 0 Å². The lowest BCUT2D eigenvalue weighted by Crippen LogP contribution is -2.32. The highest BCUT2D eigenvalue weighted by atomic mass is 16.5. The Kier molecular flexibility index (Phi) is 7.49. The van der Waals surface area contributed by atoms with Crippen LogP contribution in [0.3, 0.4) is 0 Å². The second-order valence-electron chi connectivity index (χ2n) is 5.52. The number of rotatable bonds is 7. The number of nitrogens with zero attached hydrogens (tertiary/aromatic N) is 1. The number of benzene rings is 2. The van der Waals surface area contributed by atoms with Crippen LogP contribution in [0.5, 0.6) is 17.2 Å².